The Morgan fingerprint density at radius 3 is 2.67 bits per heavy atom. The highest BCUT2D eigenvalue weighted by molar-refractivity contribution is 5.94. The van der Waals surface area contributed by atoms with Gasteiger partial charge in [-0.3, -0.25) is 4.79 Å². The van der Waals surface area contributed by atoms with Crippen LogP contribution in [0.1, 0.15) is 12.8 Å². The first-order chi connectivity index (χ1) is 13.2. The number of para-hydroxylation sites is 2. The number of ether oxygens (including phenoxy) is 1. The van der Waals surface area contributed by atoms with Crippen LogP contribution in [0, 0.1) is 5.92 Å². The second-order valence-corrected chi connectivity index (χ2v) is 6.68. The smallest absolute Gasteiger partial charge is 0.298 e. The van der Waals surface area contributed by atoms with Gasteiger partial charge in [-0.2, -0.15) is 4.98 Å². The van der Waals surface area contributed by atoms with Gasteiger partial charge in [-0.05, 0) is 31.0 Å². The topological polar surface area (TPSA) is 71.7 Å². The maximum atomic E-state index is 12.8. The Labute approximate surface area is 157 Å². The minimum atomic E-state index is -0.0160. The number of anilines is 2. The predicted molar refractivity (Wildman–Crippen MR) is 103 cm³/mol. The van der Waals surface area contributed by atoms with Gasteiger partial charge in [-0.15, -0.1) is 0 Å². The van der Waals surface area contributed by atoms with Crippen LogP contribution in [0.25, 0.3) is 11.1 Å². The molecule has 0 saturated carbocycles. The van der Waals surface area contributed by atoms with E-state index in [9.17, 15) is 4.79 Å². The van der Waals surface area contributed by atoms with Crippen LogP contribution < -0.4 is 14.5 Å². The highest BCUT2D eigenvalue weighted by Crippen LogP contribution is 2.28. The molecule has 1 saturated heterocycles. The lowest BCUT2D eigenvalue weighted by atomic mass is 9.95. The Kier molecular flexibility index (Phi) is 4.66. The summed E-state index contributed by atoms with van der Waals surface area (Å²) in [4.78, 5) is 25.4. The third-order valence-electron chi connectivity index (χ3n) is 5.05. The van der Waals surface area contributed by atoms with Crippen molar-refractivity contribution in [1.29, 1.82) is 0 Å². The minimum Gasteiger partial charge on any atom is -0.481 e. The molecule has 7 heteroatoms. The molecule has 1 amide bonds. The second kappa shape index (κ2) is 7.26. The number of pyridine rings is 1. The third-order valence-corrected chi connectivity index (χ3v) is 5.05. The summed E-state index contributed by atoms with van der Waals surface area (Å²) in [7, 11) is 3.36. The first kappa shape index (κ1) is 17.3. The molecule has 0 atom stereocenters. The van der Waals surface area contributed by atoms with Crippen LogP contribution in [0.5, 0.6) is 5.88 Å². The third kappa shape index (κ3) is 3.45. The van der Waals surface area contributed by atoms with Gasteiger partial charge >= 0.3 is 0 Å². The van der Waals surface area contributed by atoms with E-state index in [0.717, 1.165) is 42.7 Å². The quantitative estimate of drug-likeness (QED) is 0.706. The number of methoxy groups -OCH3 is 1. The lowest BCUT2D eigenvalue weighted by Gasteiger charge is -2.32. The van der Waals surface area contributed by atoms with E-state index in [1.807, 2.05) is 30.3 Å². The highest BCUT2D eigenvalue weighted by Gasteiger charge is 2.29. The number of oxazole rings is 1. The van der Waals surface area contributed by atoms with Crippen molar-refractivity contribution < 1.29 is 13.9 Å². The zero-order chi connectivity index (χ0) is 18.8. The van der Waals surface area contributed by atoms with Crippen molar-refractivity contribution >= 4 is 28.7 Å². The summed E-state index contributed by atoms with van der Waals surface area (Å²) in [6.45, 7) is 1.50. The molecule has 1 fully saturated rings. The first-order valence-electron chi connectivity index (χ1n) is 9.04. The van der Waals surface area contributed by atoms with Crippen LogP contribution in [0.4, 0.5) is 11.7 Å². The normalized spacial score (nSPS) is 15.1. The lowest BCUT2D eigenvalue weighted by molar-refractivity contribution is -0.122. The highest BCUT2D eigenvalue weighted by atomic mass is 16.5. The molecule has 1 aliphatic heterocycles. The van der Waals surface area contributed by atoms with Crippen LogP contribution in [-0.4, -0.2) is 43.1 Å². The van der Waals surface area contributed by atoms with Crippen molar-refractivity contribution in [1.82, 2.24) is 9.97 Å². The van der Waals surface area contributed by atoms with Crippen LogP contribution in [0.2, 0.25) is 0 Å². The zero-order valence-electron chi connectivity index (χ0n) is 15.5. The molecule has 0 unspecified atom stereocenters. The van der Waals surface area contributed by atoms with Gasteiger partial charge in [0, 0.05) is 32.1 Å². The van der Waals surface area contributed by atoms with E-state index in [-0.39, 0.29) is 11.8 Å². The van der Waals surface area contributed by atoms with Crippen LogP contribution in [0.3, 0.4) is 0 Å². The molecule has 0 spiro atoms. The molecule has 3 aromatic rings. The molecular formula is C20H22N4O3. The molecule has 7 nitrogen and oxygen atoms in total. The fourth-order valence-corrected chi connectivity index (χ4v) is 3.41. The summed E-state index contributed by atoms with van der Waals surface area (Å²) >= 11 is 0. The number of hydrogen-bond donors (Lipinski definition) is 0. The fourth-order valence-electron chi connectivity index (χ4n) is 3.41. The zero-order valence-corrected chi connectivity index (χ0v) is 15.5. The Bertz CT molecular complexity index is 897. The number of carbonyl (C=O) groups is 1. The van der Waals surface area contributed by atoms with E-state index < -0.39 is 0 Å². The number of piperidine rings is 1. The summed E-state index contributed by atoms with van der Waals surface area (Å²) in [5, 5.41) is 0. The summed E-state index contributed by atoms with van der Waals surface area (Å²) < 4.78 is 10.9. The number of rotatable bonds is 4. The molecule has 1 aromatic carbocycles. The number of aromatic nitrogens is 2. The predicted octanol–water partition coefficient (Wildman–Crippen LogP) is 3.11. The Morgan fingerprint density at radius 2 is 2.00 bits per heavy atom. The maximum absolute atomic E-state index is 12.8. The van der Waals surface area contributed by atoms with Crippen LogP contribution >= 0.6 is 0 Å². The lowest BCUT2D eigenvalue weighted by Crippen LogP contribution is -2.41. The van der Waals surface area contributed by atoms with Crippen molar-refractivity contribution in [2.24, 2.45) is 5.92 Å². The maximum Gasteiger partial charge on any atom is 0.298 e. The molecule has 0 N–H and O–H groups in total. The van der Waals surface area contributed by atoms with E-state index in [1.54, 1.807) is 31.3 Å². The number of amides is 1. The SMILES string of the molecule is COc1ccc(N(C)C(=O)C2CCN(c3nc4ccccc4o3)CC2)cn1. The van der Waals surface area contributed by atoms with Crippen molar-refractivity contribution in [2.75, 3.05) is 37.0 Å². The van der Waals surface area contributed by atoms with Gasteiger partial charge in [0.1, 0.15) is 5.52 Å². The van der Waals surface area contributed by atoms with Gasteiger partial charge in [0.2, 0.25) is 11.8 Å². The van der Waals surface area contributed by atoms with E-state index in [2.05, 4.69) is 14.9 Å². The second-order valence-electron chi connectivity index (χ2n) is 6.68. The van der Waals surface area contributed by atoms with Gasteiger partial charge in [0.05, 0.1) is 19.0 Å². The summed E-state index contributed by atoms with van der Waals surface area (Å²) in [5.41, 5.74) is 2.41. The average Bonchev–Trinajstić information content (AvgIpc) is 3.17. The summed E-state index contributed by atoms with van der Waals surface area (Å²) in [5.74, 6) is 0.628. The van der Waals surface area contributed by atoms with E-state index >= 15 is 0 Å². The van der Waals surface area contributed by atoms with Gasteiger partial charge in [0.15, 0.2) is 5.58 Å². The van der Waals surface area contributed by atoms with Crippen molar-refractivity contribution in [3.05, 3.63) is 42.6 Å². The molecular weight excluding hydrogens is 344 g/mol. The molecule has 2 aromatic heterocycles. The number of nitrogens with zero attached hydrogens (tertiary/aromatic N) is 4. The molecule has 0 aliphatic carbocycles. The average molecular weight is 366 g/mol. The summed E-state index contributed by atoms with van der Waals surface area (Å²) in [6, 6.07) is 12.0. The van der Waals surface area contributed by atoms with Crippen LogP contribution in [0.15, 0.2) is 47.0 Å². The van der Waals surface area contributed by atoms with Gasteiger partial charge in [0.25, 0.3) is 6.01 Å². The number of hydrogen-bond acceptors (Lipinski definition) is 6. The molecule has 3 heterocycles. The van der Waals surface area contributed by atoms with Gasteiger partial charge in [-0.1, -0.05) is 12.1 Å². The molecule has 0 bridgehead atoms. The number of carbonyl (C=O) groups excluding carboxylic acids is 1. The van der Waals surface area contributed by atoms with E-state index in [4.69, 9.17) is 9.15 Å². The molecule has 27 heavy (non-hydrogen) atoms. The molecule has 140 valence electrons. The van der Waals surface area contributed by atoms with Crippen molar-refractivity contribution in [3.8, 4) is 5.88 Å². The largest absolute Gasteiger partial charge is 0.481 e. The summed E-state index contributed by atoms with van der Waals surface area (Å²) in [6.07, 6.45) is 3.20. The van der Waals surface area contributed by atoms with Gasteiger partial charge in [-0.25, -0.2) is 4.98 Å². The number of benzene rings is 1. The molecule has 1 aliphatic rings. The van der Waals surface area contributed by atoms with Gasteiger partial charge < -0.3 is 19.0 Å². The van der Waals surface area contributed by atoms with Crippen molar-refractivity contribution in [3.63, 3.8) is 0 Å². The van der Waals surface area contributed by atoms with Crippen LogP contribution in [-0.2, 0) is 4.79 Å². The minimum absolute atomic E-state index is 0.0160. The fraction of sp³-hybridized carbons (Fsp3) is 0.350. The molecule has 4 rings (SSSR count). The van der Waals surface area contributed by atoms with E-state index in [1.165, 1.54) is 0 Å². The van der Waals surface area contributed by atoms with Crippen molar-refractivity contribution in [2.45, 2.75) is 12.8 Å². The first-order valence-corrected chi connectivity index (χ1v) is 9.04. The number of fused-ring (bicyclic) bond motifs is 1. The Balaban J connectivity index is 1.39. The Morgan fingerprint density at radius 1 is 1.22 bits per heavy atom. The standard InChI is InChI=1S/C20H22N4O3/c1-23(15-7-8-18(26-2)21-13-15)19(25)14-9-11-24(12-10-14)20-22-16-5-3-4-6-17(16)27-20/h3-8,13-14H,9-12H2,1-2H3. The molecule has 0 radical (unpaired) electrons. The Hall–Kier alpha value is -3.09. The monoisotopic (exact) mass is 366 g/mol. The van der Waals surface area contributed by atoms with E-state index in [0.29, 0.717) is 11.9 Å².